The van der Waals surface area contributed by atoms with Crippen molar-refractivity contribution in [3.63, 3.8) is 0 Å². The number of thiophene rings is 1. The van der Waals surface area contributed by atoms with Crippen LogP contribution in [0.2, 0.25) is 0 Å². The van der Waals surface area contributed by atoms with Crippen LogP contribution in [-0.4, -0.2) is 49.1 Å². The summed E-state index contributed by atoms with van der Waals surface area (Å²) in [6.45, 7) is 5.26. The van der Waals surface area contributed by atoms with Crippen molar-refractivity contribution in [1.82, 2.24) is 15.5 Å². The molecule has 0 radical (unpaired) electrons. The molecule has 27 heavy (non-hydrogen) atoms. The maximum Gasteiger partial charge on any atom is 0.309 e. The number of morpholine rings is 1. The lowest BCUT2D eigenvalue weighted by Crippen LogP contribution is -2.51. The lowest BCUT2D eigenvalue weighted by atomic mass is 10.1. The van der Waals surface area contributed by atoms with Gasteiger partial charge in [-0.15, -0.1) is 11.3 Å². The number of benzene rings is 1. The molecule has 0 aliphatic carbocycles. The summed E-state index contributed by atoms with van der Waals surface area (Å²) in [6.07, 6.45) is 0. The maximum absolute atomic E-state index is 12.4. The van der Waals surface area contributed by atoms with Crippen LogP contribution in [0.5, 0.6) is 0 Å². The van der Waals surface area contributed by atoms with Crippen LogP contribution in [0, 0.1) is 0 Å². The molecular weight excluding hydrogens is 362 g/mol. The molecule has 1 aromatic heterocycles. The molecule has 1 aliphatic heterocycles. The Bertz CT molecular complexity index is 730. The summed E-state index contributed by atoms with van der Waals surface area (Å²) in [4.78, 5) is 28.0. The standard InChI is InChI=1S/C20H25N3O3S/c1-15(18(17-8-5-13-27-17)23-9-11-26-12-10-23)22-20(25)19(24)21-14-16-6-3-2-4-7-16/h2-8,13,15,18H,9-12,14H2,1H3,(H,21,24)(H,22,25). The van der Waals surface area contributed by atoms with E-state index < -0.39 is 11.8 Å². The van der Waals surface area contributed by atoms with Gasteiger partial charge in [0.05, 0.1) is 19.3 Å². The van der Waals surface area contributed by atoms with E-state index in [4.69, 9.17) is 4.74 Å². The number of nitrogens with zero attached hydrogens (tertiary/aromatic N) is 1. The minimum atomic E-state index is -0.613. The van der Waals surface area contributed by atoms with E-state index in [0.717, 1.165) is 18.7 Å². The SMILES string of the molecule is CC(NC(=O)C(=O)NCc1ccccc1)C(c1cccs1)N1CCOCC1. The first kappa shape index (κ1) is 19.5. The van der Waals surface area contributed by atoms with Crippen LogP contribution in [0.4, 0.5) is 0 Å². The van der Waals surface area contributed by atoms with Gasteiger partial charge >= 0.3 is 11.8 Å². The number of carbonyl (C=O) groups is 2. The molecule has 0 saturated carbocycles. The summed E-state index contributed by atoms with van der Waals surface area (Å²) in [7, 11) is 0. The highest BCUT2D eigenvalue weighted by molar-refractivity contribution is 7.10. The van der Waals surface area contributed by atoms with Crippen molar-refractivity contribution in [3.8, 4) is 0 Å². The van der Waals surface area contributed by atoms with Crippen LogP contribution in [0.15, 0.2) is 47.8 Å². The van der Waals surface area contributed by atoms with Gasteiger partial charge in [-0.25, -0.2) is 0 Å². The van der Waals surface area contributed by atoms with Gasteiger partial charge in [0.15, 0.2) is 0 Å². The topological polar surface area (TPSA) is 70.7 Å². The number of amides is 2. The Balaban J connectivity index is 1.59. The third kappa shape index (κ3) is 5.38. The molecule has 2 unspecified atom stereocenters. The zero-order valence-electron chi connectivity index (χ0n) is 15.4. The number of hydrogen-bond acceptors (Lipinski definition) is 5. The minimum absolute atomic E-state index is 0.0276. The van der Waals surface area contributed by atoms with Crippen molar-refractivity contribution in [2.45, 2.75) is 25.6 Å². The second-order valence-electron chi connectivity index (χ2n) is 6.54. The lowest BCUT2D eigenvalue weighted by molar-refractivity contribution is -0.140. The van der Waals surface area contributed by atoms with E-state index in [9.17, 15) is 9.59 Å². The van der Waals surface area contributed by atoms with Gasteiger partial charge in [-0.2, -0.15) is 0 Å². The Morgan fingerprint density at radius 3 is 2.52 bits per heavy atom. The summed E-state index contributed by atoms with van der Waals surface area (Å²) >= 11 is 1.66. The molecule has 2 atom stereocenters. The van der Waals surface area contributed by atoms with Gasteiger partial charge in [-0.1, -0.05) is 36.4 Å². The Hall–Kier alpha value is -2.22. The number of nitrogens with one attached hydrogen (secondary N) is 2. The number of rotatable bonds is 6. The first-order valence-electron chi connectivity index (χ1n) is 9.13. The van der Waals surface area contributed by atoms with E-state index in [2.05, 4.69) is 21.6 Å². The van der Waals surface area contributed by atoms with E-state index in [1.807, 2.05) is 48.7 Å². The van der Waals surface area contributed by atoms with Gasteiger partial charge in [0, 0.05) is 30.6 Å². The smallest absolute Gasteiger partial charge is 0.309 e. The molecule has 1 aliphatic rings. The van der Waals surface area contributed by atoms with Gasteiger partial charge in [0.25, 0.3) is 0 Å². The molecule has 144 valence electrons. The van der Waals surface area contributed by atoms with Crippen LogP contribution in [-0.2, 0) is 20.9 Å². The molecule has 2 aromatic rings. The zero-order chi connectivity index (χ0) is 19.1. The first-order valence-corrected chi connectivity index (χ1v) is 10.0. The fourth-order valence-electron chi connectivity index (χ4n) is 3.27. The highest BCUT2D eigenvalue weighted by Crippen LogP contribution is 2.29. The summed E-state index contributed by atoms with van der Waals surface area (Å²) in [6, 6.07) is 13.4. The van der Waals surface area contributed by atoms with Crippen LogP contribution < -0.4 is 10.6 Å². The van der Waals surface area contributed by atoms with Gasteiger partial charge in [-0.05, 0) is 23.9 Å². The summed E-state index contributed by atoms with van der Waals surface area (Å²) in [5, 5.41) is 7.58. The molecule has 2 N–H and O–H groups in total. The highest BCUT2D eigenvalue weighted by Gasteiger charge is 2.30. The van der Waals surface area contributed by atoms with Crippen LogP contribution >= 0.6 is 11.3 Å². The van der Waals surface area contributed by atoms with E-state index in [1.54, 1.807) is 11.3 Å². The quantitative estimate of drug-likeness (QED) is 0.744. The number of ether oxygens (including phenoxy) is 1. The van der Waals surface area contributed by atoms with Crippen molar-refractivity contribution < 1.29 is 14.3 Å². The van der Waals surface area contributed by atoms with Gasteiger partial charge in [0.2, 0.25) is 0 Å². The molecule has 1 fully saturated rings. The molecule has 6 nitrogen and oxygen atoms in total. The maximum atomic E-state index is 12.4. The largest absolute Gasteiger partial charge is 0.379 e. The van der Waals surface area contributed by atoms with E-state index >= 15 is 0 Å². The lowest BCUT2D eigenvalue weighted by Gasteiger charge is -2.37. The van der Waals surface area contributed by atoms with Crippen molar-refractivity contribution in [2.75, 3.05) is 26.3 Å². The predicted molar refractivity (Wildman–Crippen MR) is 105 cm³/mol. The van der Waals surface area contributed by atoms with Crippen molar-refractivity contribution in [3.05, 3.63) is 58.3 Å². The minimum Gasteiger partial charge on any atom is -0.379 e. The van der Waals surface area contributed by atoms with E-state index in [0.29, 0.717) is 19.8 Å². The van der Waals surface area contributed by atoms with Gasteiger partial charge < -0.3 is 15.4 Å². The third-order valence-electron chi connectivity index (χ3n) is 4.61. The summed E-state index contributed by atoms with van der Waals surface area (Å²) < 4.78 is 5.45. The molecule has 2 amide bonds. The first-order chi connectivity index (χ1) is 13.1. The fourth-order valence-corrected chi connectivity index (χ4v) is 4.23. The molecule has 0 bridgehead atoms. The monoisotopic (exact) mass is 387 g/mol. The Kier molecular flexibility index (Phi) is 6.98. The summed E-state index contributed by atoms with van der Waals surface area (Å²) in [5.74, 6) is -1.22. The summed E-state index contributed by atoms with van der Waals surface area (Å²) in [5.41, 5.74) is 0.955. The molecule has 1 saturated heterocycles. The van der Waals surface area contributed by atoms with Crippen molar-refractivity contribution in [1.29, 1.82) is 0 Å². The molecule has 3 rings (SSSR count). The number of carbonyl (C=O) groups excluding carboxylic acids is 2. The second-order valence-corrected chi connectivity index (χ2v) is 7.52. The second kappa shape index (κ2) is 9.64. The van der Waals surface area contributed by atoms with Gasteiger partial charge in [-0.3, -0.25) is 14.5 Å². The molecule has 0 spiro atoms. The average molecular weight is 388 g/mol. The van der Waals surface area contributed by atoms with Crippen molar-refractivity contribution >= 4 is 23.2 Å². The van der Waals surface area contributed by atoms with E-state index in [1.165, 1.54) is 4.88 Å². The Morgan fingerprint density at radius 2 is 1.85 bits per heavy atom. The van der Waals surface area contributed by atoms with Crippen LogP contribution in [0.3, 0.4) is 0 Å². The highest BCUT2D eigenvalue weighted by atomic mass is 32.1. The van der Waals surface area contributed by atoms with Crippen LogP contribution in [0.25, 0.3) is 0 Å². The van der Waals surface area contributed by atoms with Crippen LogP contribution in [0.1, 0.15) is 23.4 Å². The molecule has 1 aromatic carbocycles. The predicted octanol–water partition coefficient (Wildman–Crippen LogP) is 1.94. The number of hydrogen-bond donors (Lipinski definition) is 2. The average Bonchev–Trinajstić information content (AvgIpc) is 3.22. The normalized spacial score (nSPS) is 17.1. The Morgan fingerprint density at radius 1 is 1.11 bits per heavy atom. The fraction of sp³-hybridized carbons (Fsp3) is 0.400. The third-order valence-corrected chi connectivity index (χ3v) is 5.55. The zero-order valence-corrected chi connectivity index (χ0v) is 16.2. The molecule has 7 heteroatoms. The molecular formula is C20H25N3O3S. The van der Waals surface area contributed by atoms with Crippen molar-refractivity contribution in [2.24, 2.45) is 0 Å². The molecule has 2 heterocycles. The Labute approximate surface area is 163 Å². The van der Waals surface area contributed by atoms with E-state index in [-0.39, 0.29) is 12.1 Å². The van der Waals surface area contributed by atoms with Gasteiger partial charge in [0.1, 0.15) is 0 Å².